The van der Waals surface area contributed by atoms with Crippen LogP contribution in [0.4, 0.5) is 0 Å². The minimum absolute atomic E-state index is 0.115. The Morgan fingerprint density at radius 1 is 0.694 bits per heavy atom. The molecule has 6 N–H and O–H groups in total. The maximum absolute atomic E-state index is 11.8. The van der Waals surface area contributed by atoms with Crippen molar-refractivity contribution < 1.29 is 59.3 Å². The van der Waals surface area contributed by atoms with Crippen LogP contribution >= 0.6 is 0 Å². The molecule has 0 aliphatic heterocycles. The molecule has 0 aliphatic carbocycles. The number of ether oxygens (including phenoxy) is 2. The number of aliphatic carboxylic acids is 4. The van der Waals surface area contributed by atoms with Crippen LogP contribution in [-0.2, 0) is 28.7 Å². The zero-order valence-corrected chi connectivity index (χ0v) is 20.0. The van der Waals surface area contributed by atoms with Crippen LogP contribution in [0.1, 0.15) is 12.8 Å². The van der Waals surface area contributed by atoms with Crippen molar-refractivity contribution in [2.24, 2.45) is 0 Å². The Labute approximate surface area is 208 Å². The molecule has 0 bridgehead atoms. The van der Waals surface area contributed by atoms with Gasteiger partial charge in [0.05, 0.1) is 51.5 Å². The summed E-state index contributed by atoms with van der Waals surface area (Å²) in [6.45, 7) is 5.52. The van der Waals surface area contributed by atoms with Gasteiger partial charge in [-0.3, -0.25) is 29.0 Å². The molecule has 0 saturated carbocycles. The fourth-order valence-electron chi connectivity index (χ4n) is 3.30. The summed E-state index contributed by atoms with van der Waals surface area (Å²) < 4.78 is 10.3. The molecule has 206 valence electrons. The van der Waals surface area contributed by atoms with Gasteiger partial charge in [0.15, 0.2) is 0 Å². The summed E-state index contributed by atoms with van der Waals surface area (Å²) in [7, 11) is 0. The van der Waals surface area contributed by atoms with Crippen molar-refractivity contribution in [3.8, 4) is 0 Å². The molecule has 0 aromatic heterocycles. The number of carboxylic acids is 4. The van der Waals surface area contributed by atoms with Crippen LogP contribution in [0.25, 0.3) is 0 Å². The average molecular weight is 521 g/mol. The molecular formula is C22H36N2O12. The topological polar surface area (TPSA) is 215 Å². The van der Waals surface area contributed by atoms with E-state index < -0.39 is 61.0 Å². The Kier molecular flexibility index (Phi) is 16.9. The van der Waals surface area contributed by atoms with Crippen molar-refractivity contribution in [1.82, 2.24) is 9.80 Å². The maximum atomic E-state index is 11.8. The molecule has 0 saturated heterocycles. The van der Waals surface area contributed by atoms with E-state index >= 15 is 0 Å². The molecule has 0 rings (SSSR count). The highest BCUT2D eigenvalue weighted by Crippen LogP contribution is 2.12. The molecule has 14 nitrogen and oxygen atoms in total. The van der Waals surface area contributed by atoms with E-state index in [9.17, 15) is 39.6 Å². The number of carboxylic acid groups (broad SMARTS) is 4. The largest absolute Gasteiger partial charge is 0.481 e. The number of hydrogen-bond donors (Lipinski definition) is 6. The van der Waals surface area contributed by atoms with Gasteiger partial charge in [-0.2, -0.15) is 0 Å². The van der Waals surface area contributed by atoms with Crippen LogP contribution in [0, 0.1) is 0 Å². The summed E-state index contributed by atoms with van der Waals surface area (Å²) in [5.41, 5.74) is 0. The zero-order chi connectivity index (χ0) is 27.7. The van der Waals surface area contributed by atoms with Gasteiger partial charge in [-0.15, -0.1) is 13.2 Å². The summed E-state index contributed by atoms with van der Waals surface area (Å²) in [4.78, 5) is 48.3. The van der Waals surface area contributed by atoms with Crippen molar-refractivity contribution in [3.63, 3.8) is 0 Å². The molecular weight excluding hydrogens is 484 g/mol. The van der Waals surface area contributed by atoms with Crippen LogP contribution in [0.2, 0.25) is 0 Å². The predicted molar refractivity (Wildman–Crippen MR) is 125 cm³/mol. The van der Waals surface area contributed by atoms with Gasteiger partial charge >= 0.3 is 23.9 Å². The van der Waals surface area contributed by atoms with Gasteiger partial charge in [0.1, 0.15) is 12.1 Å². The highest BCUT2D eigenvalue weighted by Gasteiger charge is 2.33. The van der Waals surface area contributed by atoms with Gasteiger partial charge in [0, 0.05) is 26.2 Å². The van der Waals surface area contributed by atoms with E-state index in [2.05, 4.69) is 13.2 Å². The highest BCUT2D eigenvalue weighted by molar-refractivity contribution is 5.81. The lowest BCUT2D eigenvalue weighted by Gasteiger charge is -2.34. The second-order valence-corrected chi connectivity index (χ2v) is 7.85. The Bertz CT molecular complexity index is 672. The average Bonchev–Trinajstić information content (AvgIpc) is 2.77. The first kappa shape index (κ1) is 33.1. The number of aliphatic hydroxyl groups is 2. The Morgan fingerprint density at radius 2 is 1.03 bits per heavy atom. The third-order valence-electron chi connectivity index (χ3n) is 4.84. The number of nitrogens with zero attached hydrogens (tertiary/aromatic N) is 2. The van der Waals surface area contributed by atoms with Gasteiger partial charge in [-0.05, 0) is 0 Å². The lowest BCUT2D eigenvalue weighted by molar-refractivity contribution is -0.152. The molecule has 0 aromatic rings. The van der Waals surface area contributed by atoms with Gasteiger partial charge in [0.25, 0.3) is 0 Å². The van der Waals surface area contributed by atoms with Gasteiger partial charge in [-0.1, -0.05) is 12.2 Å². The lowest BCUT2D eigenvalue weighted by Crippen LogP contribution is -2.53. The number of hydrogen-bond acceptors (Lipinski definition) is 10. The van der Waals surface area contributed by atoms with Gasteiger partial charge in [0.2, 0.25) is 0 Å². The van der Waals surface area contributed by atoms with E-state index in [0.29, 0.717) is 0 Å². The Hall–Kier alpha value is -2.88. The lowest BCUT2D eigenvalue weighted by atomic mass is 10.1. The molecule has 14 heteroatoms. The monoisotopic (exact) mass is 520 g/mol. The van der Waals surface area contributed by atoms with E-state index in [1.165, 1.54) is 12.2 Å². The van der Waals surface area contributed by atoms with E-state index in [-0.39, 0.29) is 52.6 Å². The summed E-state index contributed by atoms with van der Waals surface area (Å²) >= 11 is 0. The first-order valence-electron chi connectivity index (χ1n) is 11.0. The summed E-state index contributed by atoms with van der Waals surface area (Å²) in [6.07, 6.45) is -1.20. The smallest absolute Gasteiger partial charge is 0.321 e. The highest BCUT2D eigenvalue weighted by atomic mass is 16.5. The van der Waals surface area contributed by atoms with E-state index in [4.69, 9.17) is 19.7 Å². The fraction of sp³-hybridized carbons (Fsp3) is 0.636. The van der Waals surface area contributed by atoms with Crippen LogP contribution in [0.15, 0.2) is 25.3 Å². The van der Waals surface area contributed by atoms with Crippen molar-refractivity contribution in [1.29, 1.82) is 0 Å². The minimum Gasteiger partial charge on any atom is -0.481 e. The molecule has 0 fully saturated rings. The molecule has 36 heavy (non-hydrogen) atoms. The maximum Gasteiger partial charge on any atom is 0.321 e. The quantitative estimate of drug-likeness (QED) is 0.0673. The molecule has 0 amide bonds. The second-order valence-electron chi connectivity index (χ2n) is 7.85. The van der Waals surface area contributed by atoms with E-state index in [1.54, 1.807) is 0 Å². The van der Waals surface area contributed by atoms with Crippen molar-refractivity contribution in [2.75, 3.05) is 52.6 Å². The van der Waals surface area contributed by atoms with Gasteiger partial charge in [-0.25, -0.2) is 0 Å². The third kappa shape index (κ3) is 14.5. The van der Waals surface area contributed by atoms with Crippen LogP contribution in [-0.4, -0.2) is 141 Å². The molecule has 0 heterocycles. The first-order valence-corrected chi connectivity index (χ1v) is 11.0. The fourth-order valence-corrected chi connectivity index (χ4v) is 3.30. The third-order valence-corrected chi connectivity index (χ3v) is 4.84. The van der Waals surface area contributed by atoms with Crippen LogP contribution in [0.5, 0.6) is 0 Å². The SMILES string of the molecule is C=CCOCC(O)CN(CCN(CC(O)COCC=C)C(CC(=O)O)C(=O)O)C(CC(=O)O)C(=O)O. The Morgan fingerprint density at radius 3 is 1.28 bits per heavy atom. The minimum atomic E-state index is -1.58. The van der Waals surface area contributed by atoms with E-state index in [1.807, 2.05) is 0 Å². The zero-order valence-electron chi connectivity index (χ0n) is 20.0. The van der Waals surface area contributed by atoms with Gasteiger partial charge < -0.3 is 40.1 Å². The molecule has 0 spiro atoms. The molecule has 4 unspecified atom stereocenters. The predicted octanol–water partition coefficient (Wildman–Crippen LogP) is -1.43. The van der Waals surface area contributed by atoms with E-state index in [0.717, 1.165) is 9.80 Å². The summed E-state index contributed by atoms with van der Waals surface area (Å²) in [5.74, 6) is -5.79. The molecule has 0 aromatic carbocycles. The summed E-state index contributed by atoms with van der Waals surface area (Å²) in [5, 5.41) is 58.0. The number of rotatable bonds is 23. The van der Waals surface area contributed by atoms with Crippen LogP contribution < -0.4 is 0 Å². The normalized spacial score (nSPS) is 14.7. The summed E-state index contributed by atoms with van der Waals surface area (Å²) in [6, 6.07) is -3.16. The van der Waals surface area contributed by atoms with Crippen LogP contribution in [0.3, 0.4) is 0 Å². The first-order chi connectivity index (χ1) is 16.9. The molecule has 0 aliphatic rings. The van der Waals surface area contributed by atoms with Crippen molar-refractivity contribution in [2.45, 2.75) is 37.1 Å². The number of aliphatic hydroxyl groups excluding tert-OH is 2. The molecule has 0 radical (unpaired) electrons. The van der Waals surface area contributed by atoms with Crippen molar-refractivity contribution in [3.05, 3.63) is 25.3 Å². The molecule has 4 atom stereocenters. The van der Waals surface area contributed by atoms with Crippen molar-refractivity contribution >= 4 is 23.9 Å². The second kappa shape index (κ2) is 18.4. The Balaban J connectivity index is 5.81. The number of carbonyl (C=O) groups is 4. The standard InChI is InChI=1S/C22H36N2O12/c1-3-7-35-13-15(25)11-23(17(21(31)32)9-19(27)28)5-6-24(12-16(26)14-36-8-4-2)18(22(33)34)10-20(29)30/h3-4,15-18,25-26H,1-2,5-14H2,(H,27,28)(H,29,30)(H,31,32)(H,33,34).